The fourth-order valence-electron chi connectivity index (χ4n) is 4.02. The third-order valence-corrected chi connectivity index (χ3v) is 5.47. The van der Waals surface area contributed by atoms with Gasteiger partial charge in [0.15, 0.2) is 5.78 Å². The van der Waals surface area contributed by atoms with E-state index >= 15 is 0 Å². The highest BCUT2D eigenvalue weighted by Crippen LogP contribution is 2.66. The molecule has 2 nitrogen and oxygen atoms in total. The van der Waals surface area contributed by atoms with E-state index in [1.54, 1.807) is 19.1 Å². The average molecular weight is 364 g/mol. The highest BCUT2D eigenvalue weighted by atomic mass is 16.1. The molecule has 0 aliphatic heterocycles. The maximum Gasteiger partial charge on any atom is 0.168 e. The van der Waals surface area contributed by atoms with Crippen LogP contribution < -0.4 is 0 Å². The second-order valence-electron chi connectivity index (χ2n) is 7.14. The van der Waals surface area contributed by atoms with Gasteiger partial charge < -0.3 is 0 Å². The fourth-order valence-corrected chi connectivity index (χ4v) is 4.02. The topological polar surface area (TPSA) is 34.1 Å². The van der Waals surface area contributed by atoms with Crippen LogP contribution in [-0.2, 0) is 4.79 Å². The van der Waals surface area contributed by atoms with Gasteiger partial charge in [0.25, 0.3) is 0 Å². The molecule has 0 spiro atoms. The van der Waals surface area contributed by atoms with Gasteiger partial charge in [0.2, 0.25) is 0 Å². The highest BCUT2D eigenvalue weighted by Gasteiger charge is 2.70. The Bertz CT molecular complexity index is 1060. The van der Waals surface area contributed by atoms with Gasteiger partial charge in [-0.25, -0.2) is 0 Å². The first-order valence-corrected chi connectivity index (χ1v) is 9.38. The molecule has 28 heavy (non-hydrogen) atoms. The Morgan fingerprint density at radius 1 is 0.786 bits per heavy atom. The van der Waals surface area contributed by atoms with Crippen molar-refractivity contribution in [3.8, 4) is 11.8 Å². The normalized spacial score (nSPS) is 22.6. The second-order valence-corrected chi connectivity index (χ2v) is 7.14. The van der Waals surface area contributed by atoms with E-state index < -0.39 is 11.3 Å². The predicted octanol–water partition coefficient (Wildman–Crippen LogP) is 4.91. The largest absolute Gasteiger partial charge is 0.298 e. The third kappa shape index (κ3) is 3.06. The van der Waals surface area contributed by atoms with E-state index in [0.29, 0.717) is 5.56 Å². The van der Waals surface area contributed by atoms with E-state index in [-0.39, 0.29) is 17.5 Å². The first kappa shape index (κ1) is 17.9. The highest BCUT2D eigenvalue weighted by molar-refractivity contribution is 6.08. The molecule has 0 heterocycles. The Hall–Kier alpha value is -3.44. The molecular weight excluding hydrogens is 344 g/mol. The molecule has 1 aliphatic carbocycles. The Balaban J connectivity index is 1.81. The molecular formula is C26H20O2. The van der Waals surface area contributed by atoms with Gasteiger partial charge in [0.1, 0.15) is 11.2 Å². The maximum absolute atomic E-state index is 13.3. The van der Waals surface area contributed by atoms with Crippen molar-refractivity contribution in [2.75, 3.05) is 0 Å². The molecule has 4 rings (SSSR count). The molecule has 3 aromatic rings. The van der Waals surface area contributed by atoms with Crippen molar-refractivity contribution < 1.29 is 9.59 Å². The summed E-state index contributed by atoms with van der Waals surface area (Å²) in [6.07, 6.45) is 0. The Morgan fingerprint density at radius 3 is 1.89 bits per heavy atom. The summed E-state index contributed by atoms with van der Waals surface area (Å²) in [5.74, 6) is 5.59. The van der Waals surface area contributed by atoms with Crippen molar-refractivity contribution in [3.05, 3.63) is 108 Å². The molecule has 1 aliphatic rings. The van der Waals surface area contributed by atoms with Crippen molar-refractivity contribution in [1.29, 1.82) is 0 Å². The lowest BCUT2D eigenvalue weighted by Gasteiger charge is -2.07. The molecule has 0 unspecified atom stereocenters. The smallest absolute Gasteiger partial charge is 0.168 e. The van der Waals surface area contributed by atoms with Crippen LogP contribution in [0.15, 0.2) is 91.0 Å². The zero-order chi connectivity index (χ0) is 19.6. The van der Waals surface area contributed by atoms with Gasteiger partial charge >= 0.3 is 0 Å². The first-order chi connectivity index (χ1) is 13.6. The molecule has 3 aromatic carbocycles. The van der Waals surface area contributed by atoms with Gasteiger partial charge in [-0.2, -0.15) is 0 Å². The number of hydrogen-bond donors (Lipinski definition) is 0. The summed E-state index contributed by atoms with van der Waals surface area (Å²) < 4.78 is 0. The number of hydrogen-bond acceptors (Lipinski definition) is 2. The summed E-state index contributed by atoms with van der Waals surface area (Å²) in [5.41, 5.74) is 1.46. The quantitative estimate of drug-likeness (QED) is 0.487. The third-order valence-electron chi connectivity index (χ3n) is 5.47. The van der Waals surface area contributed by atoms with Gasteiger partial charge in [0, 0.05) is 17.0 Å². The molecule has 1 saturated carbocycles. The standard InChI is InChI=1S/C26H20O2/c1-19(27)26(18-17-20-11-5-2-6-12-20)23(21-13-7-3-8-14-21)24(26)25(28)22-15-9-4-10-16-22/h2-16,23-24H,1H3/t23-,24+,26+/m1/s1. The number of benzene rings is 3. The molecule has 136 valence electrons. The maximum atomic E-state index is 13.3. The van der Waals surface area contributed by atoms with Gasteiger partial charge in [-0.15, -0.1) is 0 Å². The van der Waals surface area contributed by atoms with Crippen LogP contribution in [0.1, 0.15) is 34.3 Å². The molecule has 0 radical (unpaired) electrons. The van der Waals surface area contributed by atoms with Crippen LogP contribution in [0.25, 0.3) is 0 Å². The molecule has 1 fully saturated rings. The fraction of sp³-hybridized carbons (Fsp3) is 0.154. The van der Waals surface area contributed by atoms with Crippen molar-refractivity contribution in [1.82, 2.24) is 0 Å². The summed E-state index contributed by atoms with van der Waals surface area (Å²) in [7, 11) is 0. The monoisotopic (exact) mass is 364 g/mol. The molecule has 0 amide bonds. The number of carbonyl (C=O) groups is 2. The van der Waals surface area contributed by atoms with Gasteiger partial charge in [-0.1, -0.05) is 90.7 Å². The minimum absolute atomic E-state index is 0.0213. The molecule has 0 saturated heterocycles. The van der Waals surface area contributed by atoms with E-state index in [0.717, 1.165) is 11.1 Å². The number of ketones is 2. The SMILES string of the molecule is CC(=O)[C@]1(C#Cc2ccccc2)[C@H](C(=O)c2ccccc2)[C@H]1c1ccccc1. The van der Waals surface area contributed by atoms with Crippen LogP contribution in [0.2, 0.25) is 0 Å². The summed E-state index contributed by atoms with van der Waals surface area (Å²) in [4.78, 5) is 26.1. The van der Waals surface area contributed by atoms with E-state index in [1.807, 2.05) is 78.9 Å². The predicted molar refractivity (Wildman–Crippen MR) is 110 cm³/mol. The van der Waals surface area contributed by atoms with Crippen molar-refractivity contribution in [2.45, 2.75) is 12.8 Å². The van der Waals surface area contributed by atoms with Gasteiger partial charge in [-0.3, -0.25) is 9.59 Å². The second kappa shape index (κ2) is 7.29. The molecule has 0 bridgehead atoms. The zero-order valence-electron chi connectivity index (χ0n) is 15.6. The van der Waals surface area contributed by atoms with Crippen molar-refractivity contribution in [2.24, 2.45) is 11.3 Å². The summed E-state index contributed by atoms with van der Waals surface area (Å²) in [5, 5.41) is 0. The Kier molecular flexibility index (Phi) is 4.67. The lowest BCUT2D eigenvalue weighted by atomic mass is 9.93. The lowest BCUT2D eigenvalue weighted by Crippen LogP contribution is -2.18. The van der Waals surface area contributed by atoms with Crippen molar-refractivity contribution in [3.63, 3.8) is 0 Å². The first-order valence-electron chi connectivity index (χ1n) is 9.38. The summed E-state index contributed by atoms with van der Waals surface area (Å²) in [6.45, 7) is 1.55. The zero-order valence-corrected chi connectivity index (χ0v) is 15.6. The summed E-state index contributed by atoms with van der Waals surface area (Å²) >= 11 is 0. The Morgan fingerprint density at radius 2 is 1.32 bits per heavy atom. The van der Waals surface area contributed by atoms with Crippen molar-refractivity contribution >= 4 is 11.6 Å². The van der Waals surface area contributed by atoms with Crippen LogP contribution in [-0.4, -0.2) is 11.6 Å². The van der Waals surface area contributed by atoms with Crippen LogP contribution in [0, 0.1) is 23.2 Å². The van der Waals surface area contributed by atoms with Crippen LogP contribution in [0.3, 0.4) is 0 Å². The van der Waals surface area contributed by atoms with E-state index in [4.69, 9.17) is 0 Å². The number of carbonyl (C=O) groups excluding carboxylic acids is 2. The molecule has 2 heteroatoms. The van der Waals surface area contributed by atoms with Crippen LogP contribution >= 0.6 is 0 Å². The Labute approximate surface area is 165 Å². The average Bonchev–Trinajstić information content (AvgIpc) is 3.44. The lowest BCUT2D eigenvalue weighted by molar-refractivity contribution is -0.120. The van der Waals surface area contributed by atoms with Crippen LogP contribution in [0.4, 0.5) is 0 Å². The van der Waals surface area contributed by atoms with E-state index in [1.165, 1.54) is 0 Å². The van der Waals surface area contributed by atoms with Crippen LogP contribution in [0.5, 0.6) is 0 Å². The molecule has 0 N–H and O–H groups in total. The minimum Gasteiger partial charge on any atom is -0.298 e. The molecule has 3 atom stereocenters. The number of rotatable bonds is 4. The van der Waals surface area contributed by atoms with E-state index in [9.17, 15) is 9.59 Å². The van der Waals surface area contributed by atoms with Gasteiger partial charge in [-0.05, 0) is 24.6 Å². The molecule has 0 aromatic heterocycles. The summed E-state index contributed by atoms with van der Waals surface area (Å²) in [6, 6.07) is 28.5. The minimum atomic E-state index is -0.982. The number of Topliss-reactive ketones (excluding diaryl/α,β-unsaturated/α-hetero) is 2. The van der Waals surface area contributed by atoms with E-state index in [2.05, 4.69) is 11.8 Å². The van der Waals surface area contributed by atoms with Gasteiger partial charge in [0.05, 0.1) is 5.92 Å².